The van der Waals surface area contributed by atoms with Gasteiger partial charge in [-0.3, -0.25) is 0 Å². The van der Waals surface area contributed by atoms with Gasteiger partial charge in [0.1, 0.15) is 5.52 Å². The zero-order valence-corrected chi connectivity index (χ0v) is 12.2. The van der Waals surface area contributed by atoms with Gasteiger partial charge in [0.2, 0.25) is 5.88 Å². The van der Waals surface area contributed by atoms with E-state index in [4.69, 9.17) is 0 Å². The van der Waals surface area contributed by atoms with E-state index in [9.17, 15) is 13.9 Å². The van der Waals surface area contributed by atoms with E-state index in [0.29, 0.717) is 29.8 Å². The summed E-state index contributed by atoms with van der Waals surface area (Å²) in [6, 6.07) is 1.39. The third-order valence-electron chi connectivity index (χ3n) is 3.76. The Morgan fingerprint density at radius 3 is 2.92 bits per heavy atom. The molecule has 0 bridgehead atoms. The molecular formula is C13H13F2N7O2. The minimum absolute atomic E-state index is 0.0958. The van der Waals surface area contributed by atoms with Crippen LogP contribution in [0.25, 0.3) is 11.2 Å². The van der Waals surface area contributed by atoms with Crippen molar-refractivity contribution in [1.82, 2.24) is 29.9 Å². The van der Waals surface area contributed by atoms with E-state index in [2.05, 4.69) is 35.3 Å². The predicted octanol–water partition coefficient (Wildman–Crippen LogP) is 1.59. The Morgan fingerprint density at radius 2 is 2.17 bits per heavy atom. The van der Waals surface area contributed by atoms with Gasteiger partial charge in [-0.2, -0.15) is 19.0 Å². The van der Waals surface area contributed by atoms with Gasteiger partial charge in [-0.1, -0.05) is 0 Å². The van der Waals surface area contributed by atoms with Gasteiger partial charge < -0.3 is 15.2 Å². The van der Waals surface area contributed by atoms with Gasteiger partial charge in [-0.15, -0.1) is 0 Å². The fraction of sp³-hybridized carbons (Fsp3) is 0.385. The summed E-state index contributed by atoms with van der Waals surface area (Å²) in [5, 5.41) is 22.7. The molecule has 24 heavy (non-hydrogen) atoms. The van der Waals surface area contributed by atoms with E-state index < -0.39 is 6.61 Å². The molecule has 1 saturated carbocycles. The number of aromatic amines is 1. The third kappa shape index (κ3) is 2.73. The smallest absolute Gasteiger partial charge is 0.388 e. The lowest BCUT2D eigenvalue weighted by Gasteiger charge is -2.31. The summed E-state index contributed by atoms with van der Waals surface area (Å²) >= 11 is 0. The molecule has 0 amide bonds. The number of ether oxygens (including phenoxy) is 1. The van der Waals surface area contributed by atoms with Gasteiger partial charge in [0, 0.05) is 6.07 Å². The molecule has 0 aromatic carbocycles. The molecule has 0 radical (unpaired) electrons. The van der Waals surface area contributed by atoms with Gasteiger partial charge in [-0.05, 0) is 12.8 Å². The SMILES string of the molecule is O[C@H]1C[C@H](n2ncc3ncc(Nc4cc(OC(F)F)[nH]n4)nc32)C1. The van der Waals surface area contributed by atoms with E-state index in [1.54, 1.807) is 10.9 Å². The first-order valence-corrected chi connectivity index (χ1v) is 7.24. The van der Waals surface area contributed by atoms with Crippen LogP contribution in [0.15, 0.2) is 18.5 Å². The number of H-pyrrole nitrogens is 1. The Kier molecular flexibility index (Phi) is 3.49. The first-order chi connectivity index (χ1) is 11.6. The minimum Gasteiger partial charge on any atom is -0.417 e. The lowest BCUT2D eigenvalue weighted by molar-refractivity contribution is -0.0528. The van der Waals surface area contributed by atoms with Crippen LogP contribution in [0, 0.1) is 0 Å². The molecule has 4 rings (SSSR count). The standard InChI is InChI=1S/C13H13F2N7O2/c14-13(15)24-11-3-9(20-21-11)18-10-5-16-8-4-17-22(12(8)19-10)6-1-7(23)2-6/h3-7,13,23H,1-2H2,(H2,18,19,20,21)/t6-,7-. The molecule has 0 atom stereocenters. The number of anilines is 2. The van der Waals surface area contributed by atoms with E-state index in [1.807, 2.05) is 0 Å². The molecule has 9 nitrogen and oxygen atoms in total. The second-order valence-electron chi connectivity index (χ2n) is 5.45. The van der Waals surface area contributed by atoms with Crippen molar-refractivity contribution >= 4 is 22.8 Å². The number of hydrogen-bond acceptors (Lipinski definition) is 7. The number of nitrogens with zero attached hydrogens (tertiary/aromatic N) is 5. The molecule has 3 N–H and O–H groups in total. The molecule has 0 aliphatic heterocycles. The average molecular weight is 337 g/mol. The number of rotatable bonds is 5. The van der Waals surface area contributed by atoms with Crippen molar-refractivity contribution in [3.05, 3.63) is 18.5 Å². The van der Waals surface area contributed by atoms with Crippen molar-refractivity contribution < 1.29 is 18.6 Å². The molecule has 1 aliphatic rings. The minimum atomic E-state index is -2.93. The maximum atomic E-state index is 12.1. The lowest BCUT2D eigenvalue weighted by Crippen LogP contribution is -2.31. The molecule has 0 saturated heterocycles. The van der Waals surface area contributed by atoms with Crippen LogP contribution in [0.3, 0.4) is 0 Å². The number of hydrogen-bond donors (Lipinski definition) is 3. The van der Waals surface area contributed by atoms with Crippen LogP contribution in [0.2, 0.25) is 0 Å². The Bertz CT molecular complexity index is 859. The lowest BCUT2D eigenvalue weighted by atomic mass is 9.90. The quantitative estimate of drug-likeness (QED) is 0.648. The summed E-state index contributed by atoms with van der Waals surface area (Å²) < 4.78 is 30.2. The van der Waals surface area contributed by atoms with Crippen LogP contribution in [0.1, 0.15) is 18.9 Å². The van der Waals surface area contributed by atoms with Crippen LogP contribution < -0.4 is 10.1 Å². The summed E-state index contributed by atoms with van der Waals surface area (Å²) in [4.78, 5) is 8.68. The van der Waals surface area contributed by atoms with Crippen LogP contribution in [-0.4, -0.2) is 47.8 Å². The molecule has 3 aromatic heterocycles. The maximum absolute atomic E-state index is 12.1. The average Bonchev–Trinajstić information content (AvgIpc) is 3.10. The fourth-order valence-corrected chi connectivity index (χ4v) is 2.56. The highest BCUT2D eigenvalue weighted by atomic mass is 19.3. The largest absolute Gasteiger partial charge is 0.417 e. The summed E-state index contributed by atoms with van der Waals surface area (Å²) in [6.07, 6.45) is 4.06. The van der Waals surface area contributed by atoms with E-state index in [0.717, 1.165) is 0 Å². The Morgan fingerprint density at radius 1 is 1.33 bits per heavy atom. The zero-order valence-electron chi connectivity index (χ0n) is 12.2. The highest BCUT2D eigenvalue weighted by molar-refractivity contribution is 5.72. The van der Waals surface area contributed by atoms with Crippen molar-refractivity contribution in [2.45, 2.75) is 31.6 Å². The molecule has 3 heterocycles. The normalized spacial score (nSPS) is 20.3. The highest BCUT2D eigenvalue weighted by Crippen LogP contribution is 2.33. The van der Waals surface area contributed by atoms with Crippen molar-refractivity contribution in [3.63, 3.8) is 0 Å². The number of fused-ring (bicyclic) bond motifs is 1. The van der Waals surface area contributed by atoms with Crippen LogP contribution in [0.5, 0.6) is 5.88 Å². The van der Waals surface area contributed by atoms with E-state index in [1.165, 1.54) is 12.3 Å². The van der Waals surface area contributed by atoms with Gasteiger partial charge in [0.25, 0.3) is 0 Å². The summed E-state index contributed by atoms with van der Waals surface area (Å²) in [5.74, 6) is 0.499. The van der Waals surface area contributed by atoms with Gasteiger partial charge in [0.05, 0.1) is 24.5 Å². The number of aliphatic hydroxyl groups is 1. The first kappa shape index (κ1) is 14.8. The summed E-state index contributed by atoms with van der Waals surface area (Å²) in [7, 11) is 0. The third-order valence-corrected chi connectivity index (χ3v) is 3.76. The summed E-state index contributed by atoms with van der Waals surface area (Å²) in [6.45, 7) is -2.93. The van der Waals surface area contributed by atoms with Gasteiger partial charge in [0.15, 0.2) is 17.3 Å². The number of halogens is 2. The second-order valence-corrected chi connectivity index (χ2v) is 5.45. The van der Waals surface area contributed by atoms with Gasteiger partial charge in [-0.25, -0.2) is 19.7 Å². The molecule has 0 unspecified atom stereocenters. The van der Waals surface area contributed by atoms with Crippen LogP contribution in [-0.2, 0) is 0 Å². The highest BCUT2D eigenvalue weighted by Gasteiger charge is 2.30. The fourth-order valence-electron chi connectivity index (χ4n) is 2.56. The number of aliphatic hydroxyl groups excluding tert-OH is 1. The molecule has 1 fully saturated rings. The Balaban J connectivity index is 1.56. The predicted molar refractivity (Wildman–Crippen MR) is 78.1 cm³/mol. The number of alkyl halides is 2. The Hall–Kier alpha value is -2.82. The molecule has 1 aliphatic carbocycles. The van der Waals surface area contributed by atoms with Crippen molar-refractivity contribution in [1.29, 1.82) is 0 Å². The second kappa shape index (κ2) is 5.67. The van der Waals surface area contributed by atoms with E-state index in [-0.39, 0.29) is 23.8 Å². The van der Waals surface area contributed by atoms with Gasteiger partial charge >= 0.3 is 6.61 Å². The number of nitrogens with one attached hydrogen (secondary N) is 2. The van der Waals surface area contributed by atoms with Crippen molar-refractivity contribution in [2.75, 3.05) is 5.32 Å². The zero-order chi connectivity index (χ0) is 16.7. The van der Waals surface area contributed by atoms with Crippen molar-refractivity contribution in [2.24, 2.45) is 0 Å². The van der Waals surface area contributed by atoms with E-state index >= 15 is 0 Å². The molecule has 126 valence electrons. The van der Waals surface area contributed by atoms with Crippen molar-refractivity contribution in [3.8, 4) is 5.88 Å². The van der Waals surface area contributed by atoms with Crippen LogP contribution in [0.4, 0.5) is 20.4 Å². The first-order valence-electron chi connectivity index (χ1n) is 7.24. The maximum Gasteiger partial charge on any atom is 0.388 e. The monoisotopic (exact) mass is 337 g/mol. The number of aromatic nitrogens is 6. The Labute approximate surface area is 133 Å². The summed E-state index contributed by atoms with van der Waals surface area (Å²) in [5.41, 5.74) is 1.21. The molecule has 3 aromatic rings. The molecular weight excluding hydrogens is 324 g/mol. The van der Waals surface area contributed by atoms with Crippen LogP contribution >= 0.6 is 0 Å². The molecule has 0 spiro atoms. The topological polar surface area (TPSA) is 114 Å². The molecule has 11 heteroatoms.